The van der Waals surface area contributed by atoms with Crippen molar-refractivity contribution in [1.82, 2.24) is 0 Å². The van der Waals surface area contributed by atoms with Crippen LogP contribution in [0.1, 0.15) is 70.3 Å². The highest BCUT2D eigenvalue weighted by molar-refractivity contribution is 5.75. The number of benzene rings is 1. The van der Waals surface area contributed by atoms with Crippen LogP contribution in [0.15, 0.2) is 18.2 Å². The van der Waals surface area contributed by atoms with Crippen molar-refractivity contribution in [3.63, 3.8) is 0 Å². The van der Waals surface area contributed by atoms with Gasteiger partial charge in [0, 0.05) is 6.42 Å². The second kappa shape index (κ2) is 12.1. The number of aliphatic hydroxyl groups excluding tert-OH is 3. The van der Waals surface area contributed by atoms with E-state index < -0.39 is 29.9 Å². The number of carbonyl (C=O) groups is 1. The molecule has 1 aromatic rings. The van der Waals surface area contributed by atoms with Gasteiger partial charge in [-0.25, -0.2) is 8.78 Å². The van der Waals surface area contributed by atoms with E-state index in [-0.39, 0.29) is 29.6 Å². The van der Waals surface area contributed by atoms with Gasteiger partial charge in [0.1, 0.15) is 11.9 Å². The third kappa shape index (κ3) is 7.46. The Kier molecular flexibility index (Phi) is 9.90. The molecule has 1 saturated carbocycles. The van der Waals surface area contributed by atoms with Crippen LogP contribution in [0.4, 0.5) is 8.78 Å². The zero-order valence-corrected chi connectivity index (χ0v) is 17.5. The number of aliphatic hydroxyl groups is 3. The summed E-state index contributed by atoms with van der Waals surface area (Å²) >= 11 is 0. The van der Waals surface area contributed by atoms with Gasteiger partial charge in [0.05, 0.1) is 17.8 Å². The van der Waals surface area contributed by atoms with Crippen molar-refractivity contribution in [2.45, 2.75) is 83.0 Å². The molecule has 2 rings (SSSR count). The van der Waals surface area contributed by atoms with Crippen LogP contribution in [0, 0.1) is 35.3 Å². The number of hydrogen-bond donors (Lipinski definition) is 3. The second-order valence-corrected chi connectivity index (χ2v) is 8.32. The maximum atomic E-state index is 13.6. The molecule has 166 valence electrons. The molecule has 1 unspecified atom stereocenters. The van der Waals surface area contributed by atoms with Crippen molar-refractivity contribution in [2.75, 3.05) is 0 Å². The first-order valence-electron chi connectivity index (χ1n) is 10.8. The minimum atomic E-state index is -1.03. The van der Waals surface area contributed by atoms with Crippen LogP contribution in [0.3, 0.4) is 0 Å². The number of rotatable bonds is 10. The third-order valence-electron chi connectivity index (χ3n) is 5.94. The van der Waals surface area contributed by atoms with Crippen molar-refractivity contribution in [3.8, 4) is 11.8 Å². The molecule has 1 aromatic carbocycles. The average Bonchev–Trinajstić information content (AvgIpc) is 2.96. The first-order chi connectivity index (χ1) is 14.3. The summed E-state index contributed by atoms with van der Waals surface area (Å²) in [6.45, 7) is 1.59. The highest BCUT2D eigenvalue weighted by Gasteiger charge is 2.40. The Morgan fingerprint density at radius 3 is 2.47 bits per heavy atom. The summed E-state index contributed by atoms with van der Waals surface area (Å²) in [7, 11) is 0. The molecule has 0 aromatic heterocycles. The average molecular weight is 423 g/mol. The summed E-state index contributed by atoms with van der Waals surface area (Å²) in [6, 6.07) is 3.71. The highest BCUT2D eigenvalue weighted by Crippen LogP contribution is 2.39. The molecule has 0 radical (unpaired) electrons. The largest absolute Gasteiger partial charge is 0.393 e. The molecule has 0 heterocycles. The smallest absolute Gasteiger partial charge is 0.174 e. The maximum absolute atomic E-state index is 13.6. The van der Waals surface area contributed by atoms with Gasteiger partial charge in [0.2, 0.25) is 0 Å². The van der Waals surface area contributed by atoms with Crippen LogP contribution in [0.25, 0.3) is 0 Å². The summed E-state index contributed by atoms with van der Waals surface area (Å²) in [5.41, 5.74) is -0.104. The van der Waals surface area contributed by atoms with Gasteiger partial charge in [-0.3, -0.25) is 0 Å². The van der Waals surface area contributed by atoms with E-state index in [2.05, 4.69) is 11.8 Å². The topological polar surface area (TPSA) is 77.8 Å². The molecule has 0 bridgehead atoms. The fourth-order valence-electron chi connectivity index (χ4n) is 4.27. The monoisotopic (exact) mass is 422 g/mol. The Bertz CT molecular complexity index is 755. The van der Waals surface area contributed by atoms with E-state index in [4.69, 9.17) is 0 Å². The summed E-state index contributed by atoms with van der Waals surface area (Å²) < 4.78 is 26.8. The molecule has 1 fully saturated rings. The minimum absolute atomic E-state index is 0.0337. The molecule has 0 saturated heterocycles. The Hall–Kier alpha value is -1.81. The number of carbonyl (C=O) groups excluding carboxylic acids is 1. The summed E-state index contributed by atoms with van der Waals surface area (Å²) in [6.07, 6.45) is 4.05. The quantitative estimate of drug-likeness (QED) is 0.397. The van der Waals surface area contributed by atoms with Gasteiger partial charge >= 0.3 is 0 Å². The van der Waals surface area contributed by atoms with Crippen LogP contribution >= 0.6 is 0 Å². The summed E-state index contributed by atoms with van der Waals surface area (Å²) in [5, 5.41) is 30.7. The van der Waals surface area contributed by atoms with E-state index in [9.17, 15) is 28.9 Å². The number of hydrogen-bond acceptors (Lipinski definition) is 4. The van der Waals surface area contributed by atoms with Crippen molar-refractivity contribution in [3.05, 3.63) is 35.4 Å². The molecule has 30 heavy (non-hydrogen) atoms. The van der Waals surface area contributed by atoms with Gasteiger partial charge in [-0.15, -0.1) is 0 Å². The molecule has 0 spiro atoms. The van der Waals surface area contributed by atoms with E-state index in [0.717, 1.165) is 38.2 Å². The molecular weight excluding hydrogens is 390 g/mol. The first kappa shape index (κ1) is 24.5. The number of Topliss-reactive ketones (excluding diaryl/α,β-unsaturated/α-hetero) is 1. The SMILES string of the molecule is CC(=O)CCCCCC[C@@H]1[C@@H](CCC(O)C#Cc2cccc(F)c2F)[C@H](O)C[C@@H]1O. The Morgan fingerprint density at radius 2 is 1.77 bits per heavy atom. The zero-order chi connectivity index (χ0) is 22.1. The predicted octanol–water partition coefficient (Wildman–Crippen LogP) is 3.74. The number of halogens is 2. The second-order valence-electron chi connectivity index (χ2n) is 8.32. The van der Waals surface area contributed by atoms with Gasteiger partial charge in [-0.1, -0.05) is 37.2 Å². The lowest BCUT2D eigenvalue weighted by molar-refractivity contribution is -0.117. The lowest BCUT2D eigenvalue weighted by Gasteiger charge is -2.24. The van der Waals surface area contributed by atoms with Crippen LogP contribution < -0.4 is 0 Å². The van der Waals surface area contributed by atoms with E-state index >= 15 is 0 Å². The summed E-state index contributed by atoms with van der Waals surface area (Å²) in [5.74, 6) is 3.03. The highest BCUT2D eigenvalue weighted by atomic mass is 19.2. The molecular formula is C24H32F2O4. The predicted molar refractivity (Wildman–Crippen MR) is 110 cm³/mol. The van der Waals surface area contributed by atoms with Gasteiger partial charge in [-0.2, -0.15) is 0 Å². The van der Waals surface area contributed by atoms with E-state index in [1.54, 1.807) is 6.92 Å². The minimum Gasteiger partial charge on any atom is -0.393 e. The molecule has 5 atom stereocenters. The van der Waals surface area contributed by atoms with Crippen molar-refractivity contribution in [2.24, 2.45) is 11.8 Å². The van der Waals surface area contributed by atoms with E-state index in [0.29, 0.717) is 19.3 Å². The lowest BCUT2D eigenvalue weighted by Crippen LogP contribution is -2.23. The van der Waals surface area contributed by atoms with Gasteiger partial charge in [0.25, 0.3) is 0 Å². The van der Waals surface area contributed by atoms with E-state index in [1.165, 1.54) is 12.1 Å². The Labute approximate surface area is 177 Å². The third-order valence-corrected chi connectivity index (χ3v) is 5.94. The standard InChI is InChI=1S/C24H32F2O4/c1-16(27)7-4-2-3-5-9-19-20(23(30)15-22(19)29)14-13-18(28)12-11-17-8-6-10-21(25)24(17)26/h6,8,10,18-20,22-23,28-30H,2-5,7,9,13-15H2,1H3/t18?,19-,20-,22+,23-/m1/s1. The van der Waals surface area contributed by atoms with Crippen LogP contribution in [0.5, 0.6) is 0 Å². The Balaban J connectivity index is 1.82. The molecule has 1 aliphatic carbocycles. The maximum Gasteiger partial charge on any atom is 0.174 e. The van der Waals surface area contributed by atoms with Crippen LogP contribution in [0.2, 0.25) is 0 Å². The molecule has 6 heteroatoms. The molecule has 1 aliphatic rings. The van der Waals surface area contributed by atoms with Crippen molar-refractivity contribution < 1.29 is 28.9 Å². The van der Waals surface area contributed by atoms with Gasteiger partial charge in [-0.05, 0) is 63.0 Å². The van der Waals surface area contributed by atoms with Crippen molar-refractivity contribution in [1.29, 1.82) is 0 Å². The molecule has 4 nitrogen and oxygen atoms in total. The van der Waals surface area contributed by atoms with Gasteiger partial charge in [0.15, 0.2) is 11.6 Å². The molecule has 3 N–H and O–H groups in total. The number of ketones is 1. The fraction of sp³-hybridized carbons (Fsp3) is 0.625. The fourth-order valence-corrected chi connectivity index (χ4v) is 4.27. The normalized spacial score (nSPS) is 24.3. The zero-order valence-electron chi connectivity index (χ0n) is 17.5. The van der Waals surface area contributed by atoms with Crippen LogP contribution in [-0.4, -0.2) is 39.4 Å². The molecule has 0 amide bonds. The van der Waals surface area contributed by atoms with Crippen LogP contribution in [-0.2, 0) is 4.79 Å². The number of unbranched alkanes of at least 4 members (excludes halogenated alkanes) is 3. The Morgan fingerprint density at radius 1 is 1.10 bits per heavy atom. The van der Waals surface area contributed by atoms with Crippen molar-refractivity contribution >= 4 is 5.78 Å². The van der Waals surface area contributed by atoms with Gasteiger partial charge < -0.3 is 20.1 Å². The first-order valence-corrected chi connectivity index (χ1v) is 10.8. The lowest BCUT2D eigenvalue weighted by atomic mass is 9.85. The molecule has 0 aliphatic heterocycles. The summed E-state index contributed by atoms with van der Waals surface area (Å²) in [4.78, 5) is 11.0. The van der Waals surface area contributed by atoms with E-state index in [1.807, 2.05) is 0 Å².